The molecule has 0 unspecified atom stereocenters. The van der Waals surface area contributed by atoms with Gasteiger partial charge in [0.05, 0.1) is 6.61 Å². The summed E-state index contributed by atoms with van der Waals surface area (Å²) in [5.41, 5.74) is 1.53. The highest BCUT2D eigenvalue weighted by molar-refractivity contribution is 6.19. The van der Waals surface area contributed by atoms with Gasteiger partial charge in [-0.15, -0.1) is 0 Å². The van der Waals surface area contributed by atoms with Gasteiger partial charge in [-0.05, 0) is 31.6 Å². The second-order valence-electron chi connectivity index (χ2n) is 5.98. The third-order valence-electron chi connectivity index (χ3n) is 3.34. The van der Waals surface area contributed by atoms with Crippen LogP contribution in [0.1, 0.15) is 44.7 Å². The molecule has 1 aromatic rings. The van der Waals surface area contributed by atoms with E-state index in [1.54, 1.807) is 0 Å². The summed E-state index contributed by atoms with van der Waals surface area (Å²) in [5, 5.41) is 0. The van der Waals surface area contributed by atoms with Crippen molar-refractivity contribution in [3.8, 4) is 5.75 Å². The van der Waals surface area contributed by atoms with Crippen LogP contribution < -0.4 is 4.74 Å². The summed E-state index contributed by atoms with van der Waals surface area (Å²) in [6.07, 6.45) is 3.42. The number of esters is 2. The minimum Gasteiger partial charge on any atom is -0.493 e. The van der Waals surface area contributed by atoms with Crippen molar-refractivity contribution in [3.05, 3.63) is 34.9 Å². The number of hydrogen-bond donors (Lipinski definition) is 0. The average Bonchev–Trinajstić information content (AvgIpc) is 2.44. The molecule has 1 aliphatic heterocycles. The summed E-state index contributed by atoms with van der Waals surface area (Å²) < 4.78 is 15.9. The highest BCUT2D eigenvalue weighted by atomic mass is 16.7. The van der Waals surface area contributed by atoms with Crippen molar-refractivity contribution in [2.24, 2.45) is 0 Å². The van der Waals surface area contributed by atoms with Gasteiger partial charge >= 0.3 is 11.9 Å². The van der Waals surface area contributed by atoms with E-state index >= 15 is 0 Å². The van der Waals surface area contributed by atoms with Crippen LogP contribution >= 0.6 is 0 Å². The Kier molecular flexibility index (Phi) is 5.08. The fourth-order valence-electron chi connectivity index (χ4n) is 2.17. The van der Waals surface area contributed by atoms with Crippen molar-refractivity contribution in [2.75, 3.05) is 6.61 Å². The molecule has 0 aliphatic carbocycles. The van der Waals surface area contributed by atoms with E-state index in [-0.39, 0.29) is 5.57 Å². The van der Waals surface area contributed by atoms with E-state index < -0.39 is 17.7 Å². The van der Waals surface area contributed by atoms with Crippen molar-refractivity contribution in [2.45, 2.75) is 46.3 Å². The van der Waals surface area contributed by atoms with Gasteiger partial charge in [-0.3, -0.25) is 0 Å². The molecule has 1 heterocycles. The molecule has 0 N–H and O–H groups in total. The summed E-state index contributed by atoms with van der Waals surface area (Å²) >= 11 is 0. The molecule has 0 amide bonds. The lowest BCUT2D eigenvalue weighted by Crippen LogP contribution is -2.41. The molecule has 2 rings (SSSR count). The SMILES string of the molecule is CCCCOc1ccc(C)cc1C=C1C(=O)OC(C)(C)OC1=O. The van der Waals surface area contributed by atoms with Crippen molar-refractivity contribution < 1.29 is 23.8 Å². The maximum Gasteiger partial charge on any atom is 0.348 e. The number of cyclic esters (lactones) is 2. The molecule has 5 heteroatoms. The number of benzene rings is 1. The summed E-state index contributed by atoms with van der Waals surface area (Å²) in [4.78, 5) is 24.1. The topological polar surface area (TPSA) is 61.8 Å². The third kappa shape index (κ3) is 4.34. The summed E-state index contributed by atoms with van der Waals surface area (Å²) in [6, 6.07) is 5.61. The van der Waals surface area contributed by atoms with Crippen LogP contribution in [0.25, 0.3) is 6.08 Å². The van der Waals surface area contributed by atoms with Crippen molar-refractivity contribution >= 4 is 18.0 Å². The lowest BCUT2D eigenvalue weighted by Gasteiger charge is -2.29. The minimum atomic E-state index is -1.24. The highest BCUT2D eigenvalue weighted by Crippen LogP contribution is 2.28. The smallest absolute Gasteiger partial charge is 0.348 e. The van der Waals surface area contributed by atoms with Gasteiger partial charge in [0.25, 0.3) is 5.79 Å². The molecule has 0 aromatic heterocycles. The molecular formula is C18H22O5. The van der Waals surface area contributed by atoms with Crippen molar-refractivity contribution in [1.82, 2.24) is 0 Å². The molecule has 0 saturated carbocycles. The Morgan fingerprint density at radius 2 is 1.83 bits per heavy atom. The third-order valence-corrected chi connectivity index (χ3v) is 3.34. The summed E-state index contributed by atoms with van der Waals surface area (Å²) in [5.74, 6) is -1.99. The molecule has 1 saturated heterocycles. The van der Waals surface area contributed by atoms with E-state index in [1.165, 1.54) is 19.9 Å². The van der Waals surface area contributed by atoms with Gasteiger partial charge in [-0.2, -0.15) is 0 Å². The lowest BCUT2D eigenvalue weighted by molar-refractivity contribution is -0.222. The molecule has 1 fully saturated rings. The molecule has 0 radical (unpaired) electrons. The lowest BCUT2D eigenvalue weighted by atomic mass is 10.1. The maximum absolute atomic E-state index is 12.0. The molecule has 5 nitrogen and oxygen atoms in total. The first-order valence-electron chi connectivity index (χ1n) is 7.74. The minimum absolute atomic E-state index is 0.129. The molecular weight excluding hydrogens is 296 g/mol. The normalized spacial score (nSPS) is 16.6. The summed E-state index contributed by atoms with van der Waals surface area (Å²) in [7, 11) is 0. The fourth-order valence-corrected chi connectivity index (χ4v) is 2.17. The van der Waals surface area contributed by atoms with Gasteiger partial charge in [-0.1, -0.05) is 25.0 Å². The number of ether oxygens (including phenoxy) is 3. The number of hydrogen-bond acceptors (Lipinski definition) is 5. The zero-order valence-corrected chi connectivity index (χ0v) is 14.0. The first-order chi connectivity index (χ1) is 10.8. The van der Waals surface area contributed by atoms with Crippen LogP contribution in [0.4, 0.5) is 0 Å². The number of aryl methyl sites for hydroxylation is 1. The molecule has 0 bridgehead atoms. The first kappa shape index (κ1) is 17.1. The highest BCUT2D eigenvalue weighted by Gasteiger charge is 2.38. The molecule has 0 spiro atoms. The van der Waals surface area contributed by atoms with Crippen LogP contribution in [0.3, 0.4) is 0 Å². The average molecular weight is 318 g/mol. The van der Waals surface area contributed by atoms with E-state index in [9.17, 15) is 9.59 Å². The standard InChI is InChI=1S/C18H22O5/c1-5-6-9-21-15-8-7-12(2)10-13(15)11-14-16(19)22-18(3,4)23-17(14)20/h7-8,10-11H,5-6,9H2,1-4H3. The Hall–Kier alpha value is -2.30. The second-order valence-corrected chi connectivity index (χ2v) is 5.98. The molecule has 1 aromatic carbocycles. The Balaban J connectivity index is 2.32. The van der Waals surface area contributed by atoms with E-state index in [4.69, 9.17) is 14.2 Å². The molecule has 1 aliphatic rings. The Morgan fingerprint density at radius 1 is 1.17 bits per heavy atom. The van der Waals surface area contributed by atoms with E-state index in [1.807, 2.05) is 25.1 Å². The van der Waals surface area contributed by atoms with E-state index in [2.05, 4.69) is 6.92 Å². The van der Waals surface area contributed by atoms with Gasteiger partial charge in [0.15, 0.2) is 0 Å². The van der Waals surface area contributed by atoms with Crippen LogP contribution in [0.15, 0.2) is 23.8 Å². The van der Waals surface area contributed by atoms with Gasteiger partial charge in [-0.25, -0.2) is 9.59 Å². The fraction of sp³-hybridized carbons (Fsp3) is 0.444. The van der Waals surface area contributed by atoms with Gasteiger partial charge in [0, 0.05) is 19.4 Å². The molecule has 23 heavy (non-hydrogen) atoms. The number of carbonyl (C=O) groups excluding carboxylic acids is 2. The molecule has 0 atom stereocenters. The van der Waals surface area contributed by atoms with Crippen LogP contribution in [0.5, 0.6) is 5.75 Å². The van der Waals surface area contributed by atoms with Crippen LogP contribution in [-0.4, -0.2) is 24.3 Å². The quantitative estimate of drug-likeness (QED) is 0.360. The predicted octanol–water partition coefficient (Wildman–Crippen LogP) is 3.39. The van der Waals surface area contributed by atoms with Crippen LogP contribution in [-0.2, 0) is 19.1 Å². The monoisotopic (exact) mass is 318 g/mol. The first-order valence-corrected chi connectivity index (χ1v) is 7.74. The number of rotatable bonds is 5. The second kappa shape index (κ2) is 6.86. The van der Waals surface area contributed by atoms with Crippen LogP contribution in [0, 0.1) is 6.92 Å². The number of carbonyl (C=O) groups is 2. The van der Waals surface area contributed by atoms with Gasteiger partial charge in [0.2, 0.25) is 0 Å². The van der Waals surface area contributed by atoms with E-state index in [0.717, 1.165) is 18.4 Å². The summed E-state index contributed by atoms with van der Waals surface area (Å²) in [6.45, 7) is 7.63. The Bertz CT molecular complexity index is 621. The maximum atomic E-state index is 12.0. The zero-order chi connectivity index (χ0) is 17.0. The Labute approximate surface area is 136 Å². The zero-order valence-electron chi connectivity index (χ0n) is 14.0. The van der Waals surface area contributed by atoms with Crippen LogP contribution in [0.2, 0.25) is 0 Å². The Morgan fingerprint density at radius 3 is 2.43 bits per heavy atom. The number of unbranched alkanes of at least 4 members (excludes halogenated alkanes) is 1. The van der Waals surface area contributed by atoms with Gasteiger partial charge in [0.1, 0.15) is 11.3 Å². The van der Waals surface area contributed by atoms with Gasteiger partial charge < -0.3 is 14.2 Å². The van der Waals surface area contributed by atoms with Crippen molar-refractivity contribution in [1.29, 1.82) is 0 Å². The van der Waals surface area contributed by atoms with Crippen molar-refractivity contribution in [3.63, 3.8) is 0 Å². The van der Waals surface area contributed by atoms with E-state index in [0.29, 0.717) is 17.9 Å². The predicted molar refractivity (Wildman–Crippen MR) is 85.8 cm³/mol. The largest absolute Gasteiger partial charge is 0.493 e. The molecule has 124 valence electrons.